The number of benzene rings is 1. The summed E-state index contributed by atoms with van der Waals surface area (Å²) in [5.41, 5.74) is 1.67. The van der Waals surface area contributed by atoms with Crippen LogP contribution in [0.1, 0.15) is 28.3 Å². The van der Waals surface area contributed by atoms with Crippen LogP contribution in [0.3, 0.4) is 0 Å². The molecule has 1 N–H and O–H groups in total. The van der Waals surface area contributed by atoms with Gasteiger partial charge in [0.15, 0.2) is 5.69 Å². The van der Waals surface area contributed by atoms with Crippen LogP contribution in [-0.4, -0.2) is 31.8 Å². The number of rotatable bonds is 4. The van der Waals surface area contributed by atoms with Gasteiger partial charge in [0.1, 0.15) is 5.82 Å². The van der Waals surface area contributed by atoms with Crippen LogP contribution in [-0.2, 0) is 13.0 Å². The zero-order valence-electron chi connectivity index (χ0n) is 14.2. The number of imidazole rings is 1. The van der Waals surface area contributed by atoms with Crippen LogP contribution in [0.2, 0.25) is 0 Å². The van der Waals surface area contributed by atoms with E-state index in [4.69, 9.17) is 5.26 Å². The summed E-state index contributed by atoms with van der Waals surface area (Å²) in [6.45, 7) is 1.56. The summed E-state index contributed by atoms with van der Waals surface area (Å²) >= 11 is 0. The molecule has 0 fully saturated rings. The number of aromatic nitrogens is 4. The average Bonchev–Trinajstić information content (AvgIpc) is 3.35. The van der Waals surface area contributed by atoms with Crippen molar-refractivity contribution in [2.75, 3.05) is 6.54 Å². The topological polar surface area (TPSA) is 88.5 Å². The third-order valence-electron chi connectivity index (χ3n) is 4.66. The zero-order valence-corrected chi connectivity index (χ0v) is 14.2. The second-order valence-corrected chi connectivity index (χ2v) is 6.41. The average molecular weight is 346 g/mol. The highest BCUT2D eigenvalue weighted by molar-refractivity contribution is 5.92. The number of nitriles is 1. The molecule has 4 rings (SSSR count). The van der Waals surface area contributed by atoms with Gasteiger partial charge in [-0.2, -0.15) is 10.4 Å². The molecule has 1 aliphatic heterocycles. The fourth-order valence-electron chi connectivity index (χ4n) is 3.22. The normalized spacial score (nSPS) is 15.9. The smallest absolute Gasteiger partial charge is 0.271 e. The summed E-state index contributed by atoms with van der Waals surface area (Å²) in [5, 5.41) is 16.3. The summed E-state index contributed by atoms with van der Waals surface area (Å²) in [7, 11) is 0. The zero-order chi connectivity index (χ0) is 17.9. The highest BCUT2D eigenvalue weighted by atomic mass is 16.1. The van der Waals surface area contributed by atoms with Crippen molar-refractivity contribution in [2.24, 2.45) is 5.92 Å². The van der Waals surface area contributed by atoms with Gasteiger partial charge in [0.05, 0.1) is 17.3 Å². The van der Waals surface area contributed by atoms with Crippen molar-refractivity contribution < 1.29 is 4.79 Å². The summed E-state index contributed by atoms with van der Waals surface area (Å²) < 4.78 is 3.77. The van der Waals surface area contributed by atoms with Crippen LogP contribution in [0, 0.1) is 17.2 Å². The first-order valence-corrected chi connectivity index (χ1v) is 8.57. The molecule has 0 spiro atoms. The largest absolute Gasteiger partial charge is 0.350 e. The van der Waals surface area contributed by atoms with Crippen LogP contribution < -0.4 is 5.32 Å². The van der Waals surface area contributed by atoms with Crippen molar-refractivity contribution >= 4 is 5.91 Å². The van der Waals surface area contributed by atoms with Crippen LogP contribution in [0.5, 0.6) is 0 Å². The fourth-order valence-corrected chi connectivity index (χ4v) is 3.22. The summed E-state index contributed by atoms with van der Waals surface area (Å²) in [4.78, 5) is 16.7. The Kier molecular flexibility index (Phi) is 4.23. The molecule has 1 aliphatic rings. The molecule has 3 heterocycles. The maximum absolute atomic E-state index is 12.4. The molecule has 130 valence electrons. The number of fused-ring (bicyclic) bond motifs is 1. The number of hydrogen-bond acceptors (Lipinski definition) is 4. The van der Waals surface area contributed by atoms with Crippen molar-refractivity contribution in [3.8, 4) is 11.8 Å². The van der Waals surface area contributed by atoms with Gasteiger partial charge in [0, 0.05) is 38.1 Å². The predicted molar refractivity (Wildman–Crippen MR) is 94.7 cm³/mol. The number of nitrogens with one attached hydrogen (secondary N) is 1. The van der Waals surface area contributed by atoms with Gasteiger partial charge in [-0.1, -0.05) is 6.07 Å². The molecule has 0 radical (unpaired) electrons. The molecule has 1 atom stereocenters. The number of carbonyl (C=O) groups excluding carboxylic acids is 1. The lowest BCUT2D eigenvalue weighted by atomic mass is 9.98. The van der Waals surface area contributed by atoms with Crippen LogP contribution in [0.15, 0.2) is 48.9 Å². The van der Waals surface area contributed by atoms with Crippen molar-refractivity contribution in [1.82, 2.24) is 24.6 Å². The molecule has 26 heavy (non-hydrogen) atoms. The molecule has 1 aromatic carbocycles. The molecule has 0 bridgehead atoms. The van der Waals surface area contributed by atoms with E-state index >= 15 is 0 Å². The number of nitrogens with zero attached hydrogens (tertiary/aromatic N) is 5. The molecule has 0 aliphatic carbocycles. The van der Waals surface area contributed by atoms with E-state index in [-0.39, 0.29) is 5.91 Å². The van der Waals surface area contributed by atoms with Gasteiger partial charge in [-0.15, -0.1) is 0 Å². The van der Waals surface area contributed by atoms with E-state index in [0.717, 1.165) is 30.9 Å². The standard InChI is InChI=1S/C19H18N6O/c20-12-14-2-1-3-16(10-14)25-8-5-17(23-25)19(26)22-13-15-4-7-24-9-6-21-18(24)11-15/h1-3,5-6,8-10,15H,4,7,11,13H2,(H,22,26). The Morgan fingerprint density at radius 2 is 2.27 bits per heavy atom. The molecule has 0 saturated carbocycles. The minimum atomic E-state index is -0.186. The van der Waals surface area contributed by atoms with Gasteiger partial charge >= 0.3 is 0 Å². The van der Waals surface area contributed by atoms with Gasteiger partial charge in [-0.05, 0) is 36.6 Å². The third-order valence-corrected chi connectivity index (χ3v) is 4.66. The van der Waals surface area contributed by atoms with E-state index in [1.54, 1.807) is 35.1 Å². The minimum absolute atomic E-state index is 0.186. The summed E-state index contributed by atoms with van der Waals surface area (Å²) in [6, 6.07) is 10.9. The van der Waals surface area contributed by atoms with Gasteiger partial charge in [0.2, 0.25) is 0 Å². The second kappa shape index (κ2) is 6.84. The van der Waals surface area contributed by atoms with Crippen molar-refractivity contribution in [1.29, 1.82) is 5.26 Å². The molecule has 3 aromatic rings. The number of carbonyl (C=O) groups is 1. The van der Waals surface area contributed by atoms with Crippen molar-refractivity contribution in [2.45, 2.75) is 19.4 Å². The lowest BCUT2D eigenvalue weighted by molar-refractivity contribution is 0.0939. The Morgan fingerprint density at radius 3 is 3.15 bits per heavy atom. The van der Waals surface area contributed by atoms with Crippen molar-refractivity contribution in [3.63, 3.8) is 0 Å². The van der Waals surface area contributed by atoms with E-state index < -0.39 is 0 Å². The maximum Gasteiger partial charge on any atom is 0.271 e. The number of hydrogen-bond donors (Lipinski definition) is 1. The second-order valence-electron chi connectivity index (χ2n) is 6.41. The van der Waals surface area contributed by atoms with Gasteiger partial charge < -0.3 is 9.88 Å². The quantitative estimate of drug-likeness (QED) is 0.782. The molecule has 7 nitrogen and oxygen atoms in total. The third kappa shape index (κ3) is 3.22. The van der Waals surface area contributed by atoms with E-state index in [0.29, 0.717) is 23.7 Å². The highest BCUT2D eigenvalue weighted by Crippen LogP contribution is 2.18. The monoisotopic (exact) mass is 346 g/mol. The van der Waals surface area contributed by atoms with Gasteiger partial charge in [-0.25, -0.2) is 9.67 Å². The Bertz CT molecular complexity index is 980. The SMILES string of the molecule is N#Cc1cccc(-n2ccc(C(=O)NCC3CCn4ccnc4C3)n2)c1. The fraction of sp³-hybridized carbons (Fsp3) is 0.263. The van der Waals surface area contributed by atoms with Gasteiger partial charge in [-0.3, -0.25) is 4.79 Å². The lowest BCUT2D eigenvalue weighted by Crippen LogP contribution is -2.33. The Hall–Kier alpha value is -3.40. The lowest BCUT2D eigenvalue weighted by Gasteiger charge is -2.23. The Balaban J connectivity index is 1.38. The number of aryl methyl sites for hydroxylation is 1. The molecule has 7 heteroatoms. The Morgan fingerprint density at radius 1 is 1.35 bits per heavy atom. The van der Waals surface area contributed by atoms with Gasteiger partial charge in [0.25, 0.3) is 5.91 Å². The molecular weight excluding hydrogens is 328 g/mol. The van der Waals surface area contributed by atoms with E-state index in [2.05, 4.69) is 26.0 Å². The molecular formula is C19H18N6O. The van der Waals surface area contributed by atoms with Crippen molar-refractivity contribution in [3.05, 3.63) is 66.0 Å². The maximum atomic E-state index is 12.4. The first-order valence-electron chi connectivity index (χ1n) is 8.57. The first kappa shape index (κ1) is 16.1. The Labute approximate surface area is 150 Å². The van der Waals surface area contributed by atoms with E-state index in [9.17, 15) is 4.79 Å². The first-order chi connectivity index (χ1) is 12.7. The molecule has 1 unspecified atom stereocenters. The molecule has 1 amide bonds. The van der Waals surface area contributed by atoms with E-state index in [1.807, 2.05) is 18.5 Å². The summed E-state index contributed by atoms with van der Waals surface area (Å²) in [6.07, 6.45) is 7.45. The molecule has 0 saturated heterocycles. The van der Waals surface area contributed by atoms with Crippen LogP contribution in [0.25, 0.3) is 5.69 Å². The van der Waals surface area contributed by atoms with E-state index in [1.165, 1.54) is 0 Å². The minimum Gasteiger partial charge on any atom is -0.350 e. The highest BCUT2D eigenvalue weighted by Gasteiger charge is 2.20. The molecule has 2 aromatic heterocycles. The van der Waals surface area contributed by atoms with Crippen LogP contribution >= 0.6 is 0 Å². The summed E-state index contributed by atoms with van der Waals surface area (Å²) in [5.74, 6) is 1.29. The van der Waals surface area contributed by atoms with Crippen LogP contribution in [0.4, 0.5) is 0 Å². The number of amides is 1. The predicted octanol–water partition coefficient (Wildman–Crippen LogP) is 1.93.